The first-order chi connectivity index (χ1) is 12.5. The minimum Gasteiger partial charge on any atom is -0.476 e. The number of aromatic nitrogens is 3. The molecule has 0 aromatic carbocycles. The van der Waals surface area contributed by atoms with Crippen molar-refractivity contribution in [2.24, 2.45) is 5.92 Å². The van der Waals surface area contributed by atoms with Gasteiger partial charge in [0.15, 0.2) is 11.5 Å². The maximum atomic E-state index is 12.1. The molecule has 0 spiro atoms. The highest BCUT2D eigenvalue weighted by Gasteiger charge is 2.22. The molecule has 136 valence electrons. The molecule has 1 amide bonds. The highest BCUT2D eigenvalue weighted by Crippen LogP contribution is 2.21. The second kappa shape index (κ2) is 8.09. The Kier molecular flexibility index (Phi) is 5.62. The zero-order valence-corrected chi connectivity index (χ0v) is 14.7. The van der Waals surface area contributed by atoms with E-state index in [4.69, 9.17) is 16.7 Å². The minimum absolute atomic E-state index is 0.0787. The van der Waals surface area contributed by atoms with Gasteiger partial charge in [-0.3, -0.25) is 4.79 Å². The van der Waals surface area contributed by atoms with Gasteiger partial charge in [-0.05, 0) is 43.0 Å². The first-order valence-corrected chi connectivity index (χ1v) is 8.62. The molecule has 2 aromatic rings. The van der Waals surface area contributed by atoms with Crippen molar-refractivity contribution in [2.75, 3.05) is 24.5 Å². The zero-order valence-electron chi connectivity index (χ0n) is 13.9. The lowest BCUT2D eigenvalue weighted by Gasteiger charge is -2.33. The quantitative estimate of drug-likeness (QED) is 0.821. The highest BCUT2D eigenvalue weighted by atomic mass is 35.5. The number of carboxylic acid groups (broad SMARTS) is 1. The normalized spacial score (nSPS) is 17.0. The number of carbonyl (C=O) groups is 2. The fourth-order valence-corrected chi connectivity index (χ4v) is 3.00. The Labute approximate surface area is 155 Å². The Morgan fingerprint density at radius 3 is 2.69 bits per heavy atom. The third-order valence-electron chi connectivity index (χ3n) is 4.22. The van der Waals surface area contributed by atoms with Gasteiger partial charge in [0.25, 0.3) is 5.91 Å². The van der Waals surface area contributed by atoms with E-state index in [2.05, 4.69) is 25.4 Å². The summed E-state index contributed by atoms with van der Waals surface area (Å²) in [6.07, 6.45) is 3.39. The number of halogens is 1. The molecule has 1 aliphatic rings. The van der Waals surface area contributed by atoms with Crippen molar-refractivity contribution in [1.29, 1.82) is 0 Å². The fraction of sp³-hybridized carbons (Fsp3) is 0.353. The number of carboxylic acids is 1. The second-order valence-corrected chi connectivity index (χ2v) is 6.54. The number of rotatable bonds is 5. The Morgan fingerprint density at radius 2 is 2.04 bits per heavy atom. The van der Waals surface area contributed by atoms with Crippen LogP contribution in [0.25, 0.3) is 0 Å². The molecule has 2 aromatic heterocycles. The van der Waals surface area contributed by atoms with Crippen molar-refractivity contribution in [3.05, 3.63) is 46.9 Å². The van der Waals surface area contributed by atoms with E-state index in [1.54, 1.807) is 18.2 Å². The van der Waals surface area contributed by atoms with Gasteiger partial charge in [-0.25, -0.2) is 9.78 Å². The van der Waals surface area contributed by atoms with Crippen LogP contribution in [0.5, 0.6) is 0 Å². The lowest BCUT2D eigenvalue weighted by molar-refractivity contribution is 0.0689. The number of aromatic carboxylic acids is 1. The van der Waals surface area contributed by atoms with Gasteiger partial charge in [-0.1, -0.05) is 11.6 Å². The van der Waals surface area contributed by atoms with E-state index in [0.717, 1.165) is 25.9 Å². The second-order valence-electron chi connectivity index (χ2n) is 6.11. The molecule has 1 unspecified atom stereocenters. The topological polar surface area (TPSA) is 108 Å². The average Bonchev–Trinajstić information content (AvgIpc) is 2.67. The van der Waals surface area contributed by atoms with Gasteiger partial charge in [0, 0.05) is 25.8 Å². The highest BCUT2D eigenvalue weighted by molar-refractivity contribution is 6.30. The van der Waals surface area contributed by atoms with Crippen molar-refractivity contribution in [3.8, 4) is 0 Å². The summed E-state index contributed by atoms with van der Waals surface area (Å²) < 4.78 is 0. The molecule has 26 heavy (non-hydrogen) atoms. The van der Waals surface area contributed by atoms with Crippen LogP contribution in [0.1, 0.15) is 33.8 Å². The first-order valence-electron chi connectivity index (χ1n) is 8.24. The van der Waals surface area contributed by atoms with Gasteiger partial charge >= 0.3 is 5.97 Å². The number of nitrogens with one attached hydrogen (secondary N) is 1. The van der Waals surface area contributed by atoms with E-state index in [9.17, 15) is 9.59 Å². The smallest absolute Gasteiger partial charge is 0.356 e. The van der Waals surface area contributed by atoms with Crippen LogP contribution < -0.4 is 10.2 Å². The van der Waals surface area contributed by atoms with E-state index in [1.165, 1.54) is 12.3 Å². The lowest BCUT2D eigenvalue weighted by atomic mass is 9.98. The van der Waals surface area contributed by atoms with E-state index >= 15 is 0 Å². The zero-order chi connectivity index (χ0) is 18.5. The van der Waals surface area contributed by atoms with Crippen molar-refractivity contribution in [2.45, 2.75) is 12.8 Å². The lowest BCUT2D eigenvalue weighted by Crippen LogP contribution is -2.41. The number of piperidine rings is 1. The Balaban J connectivity index is 1.55. The molecule has 3 rings (SSSR count). The summed E-state index contributed by atoms with van der Waals surface area (Å²) in [4.78, 5) is 29.1. The number of hydrogen-bond donors (Lipinski definition) is 2. The Bertz CT molecular complexity index is 782. The Morgan fingerprint density at radius 1 is 1.23 bits per heavy atom. The third-order valence-corrected chi connectivity index (χ3v) is 4.45. The number of pyridine rings is 1. The molecule has 0 bridgehead atoms. The van der Waals surface area contributed by atoms with Crippen LogP contribution in [0.2, 0.25) is 5.02 Å². The van der Waals surface area contributed by atoms with Crippen molar-refractivity contribution >= 4 is 29.3 Å². The van der Waals surface area contributed by atoms with E-state index < -0.39 is 5.97 Å². The molecule has 1 atom stereocenters. The monoisotopic (exact) mass is 375 g/mol. The van der Waals surface area contributed by atoms with Crippen LogP contribution in [0.15, 0.2) is 30.5 Å². The summed E-state index contributed by atoms with van der Waals surface area (Å²) in [5.41, 5.74) is 0.252. The molecule has 1 aliphatic heterocycles. The molecular weight excluding hydrogens is 358 g/mol. The van der Waals surface area contributed by atoms with Crippen molar-refractivity contribution in [3.63, 3.8) is 0 Å². The van der Waals surface area contributed by atoms with E-state index in [0.29, 0.717) is 23.1 Å². The molecular formula is C17H18ClN5O3. The first kappa shape index (κ1) is 18.1. The standard InChI is InChI=1S/C17H18ClN5O3/c18-12-3-4-13(19-9-12)16(24)20-8-11-2-1-7-23(10-11)15-6-5-14(17(25)26)21-22-15/h3-6,9,11H,1-2,7-8,10H2,(H,20,24)(H,25,26). The van der Waals surface area contributed by atoms with E-state index in [1.807, 2.05) is 0 Å². The number of nitrogens with zero attached hydrogens (tertiary/aromatic N) is 4. The molecule has 9 heteroatoms. The summed E-state index contributed by atoms with van der Waals surface area (Å²) in [6.45, 7) is 2.07. The van der Waals surface area contributed by atoms with Crippen LogP contribution in [0.4, 0.5) is 5.82 Å². The molecule has 1 fully saturated rings. The summed E-state index contributed by atoms with van der Waals surface area (Å²) in [7, 11) is 0. The largest absolute Gasteiger partial charge is 0.476 e. The van der Waals surface area contributed by atoms with Gasteiger partial charge < -0.3 is 15.3 Å². The van der Waals surface area contributed by atoms with Gasteiger partial charge in [0.1, 0.15) is 5.69 Å². The van der Waals surface area contributed by atoms with Crippen LogP contribution >= 0.6 is 11.6 Å². The molecule has 2 N–H and O–H groups in total. The summed E-state index contributed by atoms with van der Waals surface area (Å²) >= 11 is 5.77. The number of hydrogen-bond acceptors (Lipinski definition) is 6. The molecule has 3 heterocycles. The van der Waals surface area contributed by atoms with Crippen LogP contribution in [-0.4, -0.2) is 51.8 Å². The summed E-state index contributed by atoms with van der Waals surface area (Å²) in [6, 6.07) is 6.33. The molecule has 0 radical (unpaired) electrons. The average molecular weight is 376 g/mol. The number of carbonyl (C=O) groups excluding carboxylic acids is 1. The van der Waals surface area contributed by atoms with Gasteiger partial charge in [0.2, 0.25) is 0 Å². The SMILES string of the molecule is O=C(O)c1ccc(N2CCCC(CNC(=O)c3ccc(Cl)cn3)C2)nn1. The Hall–Kier alpha value is -2.74. The molecule has 1 saturated heterocycles. The number of anilines is 1. The molecule has 8 nitrogen and oxygen atoms in total. The predicted octanol–water partition coefficient (Wildman–Crippen LogP) is 1.87. The van der Waals surface area contributed by atoms with Gasteiger partial charge in [-0.15, -0.1) is 10.2 Å². The van der Waals surface area contributed by atoms with Gasteiger partial charge in [0.05, 0.1) is 5.02 Å². The summed E-state index contributed by atoms with van der Waals surface area (Å²) in [5.74, 6) is -0.421. The molecule has 0 aliphatic carbocycles. The fourth-order valence-electron chi connectivity index (χ4n) is 2.89. The third kappa shape index (κ3) is 4.45. The maximum Gasteiger partial charge on any atom is 0.356 e. The minimum atomic E-state index is -1.10. The van der Waals surface area contributed by atoms with Crippen molar-refractivity contribution in [1.82, 2.24) is 20.5 Å². The van der Waals surface area contributed by atoms with Crippen LogP contribution in [0.3, 0.4) is 0 Å². The molecule has 0 saturated carbocycles. The van der Waals surface area contributed by atoms with Crippen LogP contribution in [-0.2, 0) is 0 Å². The number of amides is 1. The summed E-state index contributed by atoms with van der Waals surface area (Å²) in [5, 5.41) is 20.0. The van der Waals surface area contributed by atoms with Gasteiger partial charge in [-0.2, -0.15) is 0 Å². The van der Waals surface area contributed by atoms with E-state index in [-0.39, 0.29) is 17.5 Å². The predicted molar refractivity (Wildman–Crippen MR) is 95.5 cm³/mol. The van der Waals surface area contributed by atoms with Crippen molar-refractivity contribution < 1.29 is 14.7 Å². The maximum absolute atomic E-state index is 12.1. The van der Waals surface area contributed by atoms with Crippen LogP contribution in [0, 0.1) is 5.92 Å².